The SMILES string of the molecule is COc1cccc(CN2CCCC(CNc3cc(-c4ccccc4O)nc4c(Br)cnn34)C2)c1. The third-order valence-electron chi connectivity index (χ3n) is 6.32. The Balaban J connectivity index is 1.32. The molecule has 5 rings (SSSR count). The number of ether oxygens (including phenoxy) is 1. The molecule has 2 N–H and O–H groups in total. The molecule has 1 saturated heterocycles. The number of fused-ring (bicyclic) bond motifs is 1. The van der Waals surface area contributed by atoms with Gasteiger partial charge < -0.3 is 15.2 Å². The lowest BCUT2D eigenvalue weighted by Crippen LogP contribution is -2.37. The summed E-state index contributed by atoms with van der Waals surface area (Å²) >= 11 is 3.55. The van der Waals surface area contributed by atoms with Crippen LogP contribution in [0, 0.1) is 5.92 Å². The fraction of sp³-hybridized carbons (Fsp3) is 0.308. The molecule has 0 radical (unpaired) electrons. The van der Waals surface area contributed by atoms with Gasteiger partial charge in [-0.2, -0.15) is 9.61 Å². The second kappa shape index (κ2) is 10.0. The van der Waals surface area contributed by atoms with Gasteiger partial charge in [-0.05, 0) is 71.1 Å². The molecular weight excluding hydrogens is 494 g/mol. The summed E-state index contributed by atoms with van der Waals surface area (Å²) in [6, 6.07) is 17.5. The van der Waals surface area contributed by atoms with Gasteiger partial charge in [0, 0.05) is 31.3 Å². The van der Waals surface area contributed by atoms with Crippen molar-refractivity contribution in [3.05, 3.63) is 70.8 Å². The maximum atomic E-state index is 10.4. The summed E-state index contributed by atoms with van der Waals surface area (Å²) in [4.78, 5) is 7.25. The quantitative estimate of drug-likeness (QED) is 0.348. The molecule has 0 bridgehead atoms. The Hall–Kier alpha value is -3.10. The third kappa shape index (κ3) is 4.88. The van der Waals surface area contributed by atoms with Gasteiger partial charge in [-0.1, -0.05) is 24.3 Å². The van der Waals surface area contributed by atoms with Gasteiger partial charge >= 0.3 is 0 Å². The van der Waals surface area contributed by atoms with Crippen LogP contribution in [0.5, 0.6) is 11.5 Å². The first-order valence-electron chi connectivity index (χ1n) is 11.5. The molecule has 3 heterocycles. The van der Waals surface area contributed by atoms with Crippen molar-refractivity contribution in [3.8, 4) is 22.8 Å². The maximum absolute atomic E-state index is 10.4. The van der Waals surface area contributed by atoms with Gasteiger partial charge in [0.2, 0.25) is 0 Å². The van der Waals surface area contributed by atoms with E-state index in [1.54, 1.807) is 19.4 Å². The maximum Gasteiger partial charge on any atom is 0.172 e. The van der Waals surface area contributed by atoms with Crippen LogP contribution in [0.1, 0.15) is 18.4 Å². The second-order valence-corrected chi connectivity index (χ2v) is 9.60. The van der Waals surface area contributed by atoms with E-state index in [0.717, 1.165) is 42.2 Å². The molecule has 1 aliphatic heterocycles. The van der Waals surface area contributed by atoms with Crippen LogP contribution in [0.4, 0.5) is 5.82 Å². The number of nitrogens with one attached hydrogen (secondary N) is 1. The highest BCUT2D eigenvalue weighted by atomic mass is 79.9. The number of rotatable bonds is 7. The topological polar surface area (TPSA) is 74.9 Å². The Morgan fingerprint density at radius 1 is 1.18 bits per heavy atom. The molecule has 34 heavy (non-hydrogen) atoms. The van der Waals surface area contributed by atoms with Gasteiger partial charge in [-0.3, -0.25) is 4.90 Å². The van der Waals surface area contributed by atoms with Gasteiger partial charge in [0.15, 0.2) is 5.65 Å². The highest BCUT2D eigenvalue weighted by Gasteiger charge is 2.21. The molecule has 8 heteroatoms. The summed E-state index contributed by atoms with van der Waals surface area (Å²) in [6.07, 6.45) is 4.11. The molecule has 2 aromatic carbocycles. The predicted octanol–water partition coefficient (Wildman–Crippen LogP) is 5.20. The highest BCUT2D eigenvalue weighted by Crippen LogP contribution is 2.31. The normalized spacial score (nSPS) is 16.6. The first-order chi connectivity index (χ1) is 16.6. The number of hydrogen-bond acceptors (Lipinski definition) is 6. The van der Waals surface area contributed by atoms with E-state index in [9.17, 15) is 5.11 Å². The lowest BCUT2D eigenvalue weighted by atomic mass is 9.97. The standard InChI is InChI=1S/C26H28BrN5O2/c1-34-20-8-4-6-18(12-20)16-31-11-5-7-19(17-31)14-28-25-13-23(21-9-2-3-10-24(21)33)30-26-22(27)15-29-32(25)26/h2-4,6,8-10,12-13,15,19,28,33H,5,7,11,14,16-17H2,1H3. The van der Waals surface area contributed by atoms with E-state index < -0.39 is 0 Å². The summed E-state index contributed by atoms with van der Waals surface area (Å²) in [7, 11) is 1.71. The van der Waals surface area contributed by atoms with Crippen LogP contribution in [-0.4, -0.2) is 51.3 Å². The molecule has 1 aliphatic rings. The number of likely N-dealkylation sites (tertiary alicyclic amines) is 1. The van der Waals surface area contributed by atoms with E-state index in [-0.39, 0.29) is 5.75 Å². The number of nitrogens with zero attached hydrogens (tertiary/aromatic N) is 4. The fourth-order valence-electron chi connectivity index (χ4n) is 4.63. The predicted molar refractivity (Wildman–Crippen MR) is 137 cm³/mol. The Labute approximate surface area is 207 Å². The van der Waals surface area contributed by atoms with Crippen molar-refractivity contribution >= 4 is 27.4 Å². The number of phenols is 1. The average molecular weight is 522 g/mol. The van der Waals surface area contributed by atoms with Crippen LogP contribution in [0.15, 0.2) is 65.3 Å². The lowest BCUT2D eigenvalue weighted by Gasteiger charge is -2.33. The van der Waals surface area contributed by atoms with Crippen LogP contribution in [0.3, 0.4) is 0 Å². The Bertz CT molecular complexity index is 1290. The van der Waals surface area contributed by atoms with E-state index >= 15 is 0 Å². The summed E-state index contributed by atoms with van der Waals surface area (Å²) in [5.41, 5.74) is 3.39. The van der Waals surface area contributed by atoms with Crippen LogP contribution in [0.25, 0.3) is 16.9 Å². The summed E-state index contributed by atoms with van der Waals surface area (Å²) in [5, 5.41) is 18.5. The number of hydrogen-bond donors (Lipinski definition) is 2. The number of benzene rings is 2. The molecule has 4 aromatic rings. The fourth-order valence-corrected chi connectivity index (χ4v) is 4.98. The first kappa shape index (κ1) is 22.7. The largest absolute Gasteiger partial charge is 0.507 e. The minimum absolute atomic E-state index is 0.210. The lowest BCUT2D eigenvalue weighted by molar-refractivity contribution is 0.173. The molecule has 1 atom stereocenters. The average Bonchev–Trinajstić information content (AvgIpc) is 3.24. The molecule has 0 aliphatic carbocycles. The van der Waals surface area contributed by atoms with Gasteiger partial charge in [0.25, 0.3) is 0 Å². The van der Waals surface area contributed by atoms with E-state index in [2.05, 4.69) is 49.4 Å². The van der Waals surface area contributed by atoms with Gasteiger partial charge in [-0.15, -0.1) is 0 Å². The van der Waals surface area contributed by atoms with Crippen LogP contribution in [-0.2, 0) is 6.54 Å². The number of piperidine rings is 1. The summed E-state index contributed by atoms with van der Waals surface area (Å²) < 4.78 is 8.00. The van der Waals surface area contributed by atoms with Crippen LogP contribution in [0.2, 0.25) is 0 Å². The minimum atomic E-state index is 0.210. The molecule has 0 amide bonds. The van der Waals surface area contributed by atoms with E-state index in [4.69, 9.17) is 9.72 Å². The number of aromatic nitrogens is 3. The molecule has 7 nitrogen and oxygen atoms in total. The molecule has 0 spiro atoms. The number of halogens is 1. The first-order valence-corrected chi connectivity index (χ1v) is 12.3. The monoisotopic (exact) mass is 521 g/mol. The Kier molecular flexibility index (Phi) is 6.69. The molecule has 1 fully saturated rings. The van der Waals surface area contributed by atoms with Crippen molar-refractivity contribution in [1.29, 1.82) is 0 Å². The zero-order chi connectivity index (χ0) is 23.5. The van der Waals surface area contributed by atoms with Gasteiger partial charge in [-0.25, -0.2) is 4.98 Å². The number of para-hydroxylation sites is 1. The van der Waals surface area contributed by atoms with Gasteiger partial charge in [0.05, 0.1) is 23.5 Å². The van der Waals surface area contributed by atoms with Crippen molar-refractivity contribution in [3.63, 3.8) is 0 Å². The van der Waals surface area contributed by atoms with E-state index in [0.29, 0.717) is 22.8 Å². The molecule has 2 aromatic heterocycles. The second-order valence-electron chi connectivity index (χ2n) is 8.75. The number of anilines is 1. The molecule has 0 saturated carbocycles. The zero-order valence-electron chi connectivity index (χ0n) is 19.1. The zero-order valence-corrected chi connectivity index (χ0v) is 20.7. The summed E-state index contributed by atoms with van der Waals surface area (Å²) in [6.45, 7) is 3.91. The highest BCUT2D eigenvalue weighted by molar-refractivity contribution is 9.10. The van der Waals surface area contributed by atoms with Crippen molar-refractivity contribution in [2.75, 3.05) is 32.1 Å². The van der Waals surface area contributed by atoms with E-state index in [1.165, 1.54) is 18.4 Å². The molecular formula is C26H28BrN5O2. The van der Waals surface area contributed by atoms with Crippen molar-refractivity contribution < 1.29 is 9.84 Å². The Morgan fingerprint density at radius 2 is 2.06 bits per heavy atom. The number of methoxy groups -OCH3 is 1. The number of phenolic OH excluding ortho intramolecular Hbond substituents is 1. The van der Waals surface area contributed by atoms with Crippen LogP contribution < -0.4 is 10.1 Å². The van der Waals surface area contributed by atoms with Crippen molar-refractivity contribution in [2.45, 2.75) is 19.4 Å². The Morgan fingerprint density at radius 3 is 2.91 bits per heavy atom. The molecule has 1 unspecified atom stereocenters. The van der Waals surface area contributed by atoms with E-state index in [1.807, 2.05) is 34.8 Å². The summed E-state index contributed by atoms with van der Waals surface area (Å²) in [5.74, 6) is 2.50. The van der Waals surface area contributed by atoms with Crippen LogP contribution >= 0.6 is 15.9 Å². The van der Waals surface area contributed by atoms with Crippen molar-refractivity contribution in [1.82, 2.24) is 19.5 Å². The third-order valence-corrected chi connectivity index (χ3v) is 6.88. The smallest absolute Gasteiger partial charge is 0.172 e. The molecule has 176 valence electrons. The van der Waals surface area contributed by atoms with Crippen molar-refractivity contribution in [2.24, 2.45) is 5.92 Å². The minimum Gasteiger partial charge on any atom is -0.507 e. The number of aromatic hydroxyl groups is 1. The van der Waals surface area contributed by atoms with Gasteiger partial charge in [0.1, 0.15) is 17.3 Å².